The second-order valence-corrected chi connectivity index (χ2v) is 10.6. The first-order valence-corrected chi connectivity index (χ1v) is 12.2. The molecule has 2 aromatic heterocycles. The standard InChI is InChI=1S/C25H28ClN5O3/c1-24(33)12-17(13-24)31-15-28-21-11-18(14-27-22(21)31)34-9-8-30-6-4-25(5-7-30)19-10-16(26)2-3-20(19)29-23(25)32/h2-3,10-11,14-15,17,33H,4-9,12-13H2,1H3,(H,29,32). The number of hydrogen-bond acceptors (Lipinski definition) is 6. The normalized spacial score (nSPS) is 25.9. The molecule has 0 radical (unpaired) electrons. The summed E-state index contributed by atoms with van der Waals surface area (Å²) in [7, 11) is 0. The average Bonchev–Trinajstić information content (AvgIpc) is 3.32. The van der Waals surface area contributed by atoms with Crippen LogP contribution < -0.4 is 10.1 Å². The van der Waals surface area contributed by atoms with Gasteiger partial charge in [0, 0.05) is 29.4 Å². The van der Waals surface area contributed by atoms with Gasteiger partial charge < -0.3 is 19.7 Å². The van der Waals surface area contributed by atoms with Crippen molar-refractivity contribution in [3.8, 4) is 5.75 Å². The van der Waals surface area contributed by atoms with E-state index < -0.39 is 11.0 Å². The number of benzene rings is 1. The summed E-state index contributed by atoms with van der Waals surface area (Å²) in [5.41, 5.74) is 2.48. The van der Waals surface area contributed by atoms with Crippen LogP contribution in [0.15, 0.2) is 36.8 Å². The number of imidazole rings is 1. The first-order valence-electron chi connectivity index (χ1n) is 11.8. The Bertz CT molecular complexity index is 1260. The summed E-state index contributed by atoms with van der Waals surface area (Å²) in [5.74, 6) is 0.788. The number of anilines is 1. The molecule has 1 spiro atoms. The fourth-order valence-corrected chi connectivity index (χ4v) is 5.90. The number of nitrogens with zero attached hydrogens (tertiary/aromatic N) is 4. The van der Waals surface area contributed by atoms with Gasteiger partial charge in [-0.3, -0.25) is 9.69 Å². The number of hydrogen-bond donors (Lipinski definition) is 2. The third kappa shape index (κ3) is 3.65. The lowest BCUT2D eigenvalue weighted by atomic mass is 9.73. The maximum Gasteiger partial charge on any atom is 0.235 e. The molecule has 0 atom stereocenters. The molecule has 9 heteroatoms. The molecule has 8 nitrogen and oxygen atoms in total. The van der Waals surface area contributed by atoms with Gasteiger partial charge in [0.2, 0.25) is 5.91 Å². The summed E-state index contributed by atoms with van der Waals surface area (Å²) in [5, 5.41) is 13.7. The zero-order chi connectivity index (χ0) is 23.5. The van der Waals surface area contributed by atoms with E-state index in [0.717, 1.165) is 67.7 Å². The van der Waals surface area contributed by atoms with E-state index in [1.165, 1.54) is 0 Å². The Morgan fingerprint density at radius 2 is 2.03 bits per heavy atom. The molecule has 0 bridgehead atoms. The topological polar surface area (TPSA) is 92.5 Å². The van der Waals surface area contributed by atoms with Crippen LogP contribution in [0.3, 0.4) is 0 Å². The van der Waals surface area contributed by atoms with Crippen molar-refractivity contribution in [1.82, 2.24) is 19.4 Å². The summed E-state index contributed by atoms with van der Waals surface area (Å²) < 4.78 is 8.03. The van der Waals surface area contributed by atoms with Crippen molar-refractivity contribution in [3.05, 3.63) is 47.4 Å². The van der Waals surface area contributed by atoms with E-state index in [4.69, 9.17) is 16.3 Å². The van der Waals surface area contributed by atoms with Gasteiger partial charge in [-0.25, -0.2) is 9.97 Å². The van der Waals surface area contributed by atoms with Crippen molar-refractivity contribution in [2.45, 2.75) is 49.7 Å². The van der Waals surface area contributed by atoms with Crippen molar-refractivity contribution in [1.29, 1.82) is 0 Å². The summed E-state index contributed by atoms with van der Waals surface area (Å²) in [6.07, 6.45) is 6.52. The van der Waals surface area contributed by atoms with E-state index in [2.05, 4.69) is 20.2 Å². The minimum absolute atomic E-state index is 0.0880. The van der Waals surface area contributed by atoms with Crippen molar-refractivity contribution in [2.75, 3.05) is 31.6 Å². The number of ether oxygens (including phenoxy) is 1. The van der Waals surface area contributed by atoms with Crippen LogP contribution in [-0.2, 0) is 10.2 Å². The Labute approximate surface area is 202 Å². The Morgan fingerprint density at radius 3 is 2.79 bits per heavy atom. The molecule has 1 saturated carbocycles. The number of carbonyl (C=O) groups excluding carboxylic acids is 1. The van der Waals surface area contributed by atoms with E-state index in [1.807, 2.05) is 35.8 Å². The highest BCUT2D eigenvalue weighted by atomic mass is 35.5. The number of pyridine rings is 1. The Hall–Kier alpha value is -2.68. The number of fused-ring (bicyclic) bond motifs is 3. The van der Waals surface area contributed by atoms with Crippen LogP contribution in [0.1, 0.15) is 44.2 Å². The molecule has 3 aromatic rings. The van der Waals surface area contributed by atoms with Gasteiger partial charge in [-0.2, -0.15) is 0 Å². The van der Waals surface area contributed by atoms with Crippen molar-refractivity contribution in [3.63, 3.8) is 0 Å². The molecule has 2 N–H and O–H groups in total. The minimum atomic E-state index is -0.587. The van der Waals surface area contributed by atoms with E-state index in [1.54, 1.807) is 12.5 Å². The van der Waals surface area contributed by atoms with Crippen LogP contribution in [0.2, 0.25) is 5.02 Å². The number of likely N-dealkylation sites (tertiary alicyclic amines) is 1. The molecule has 1 amide bonds. The van der Waals surface area contributed by atoms with Gasteiger partial charge in [-0.1, -0.05) is 11.6 Å². The maximum absolute atomic E-state index is 12.8. The van der Waals surface area contributed by atoms with Gasteiger partial charge in [0.15, 0.2) is 5.65 Å². The molecular weight excluding hydrogens is 454 g/mol. The molecule has 1 aliphatic carbocycles. The predicted molar refractivity (Wildman–Crippen MR) is 129 cm³/mol. The molecule has 2 aliphatic heterocycles. The lowest BCUT2D eigenvalue weighted by Crippen LogP contribution is -2.47. The first-order chi connectivity index (χ1) is 16.3. The zero-order valence-electron chi connectivity index (χ0n) is 19.1. The van der Waals surface area contributed by atoms with Crippen LogP contribution in [0.25, 0.3) is 11.2 Å². The van der Waals surface area contributed by atoms with Gasteiger partial charge in [0.1, 0.15) is 17.9 Å². The fourth-order valence-electron chi connectivity index (χ4n) is 5.73. The molecule has 0 unspecified atom stereocenters. The van der Waals surface area contributed by atoms with Gasteiger partial charge >= 0.3 is 0 Å². The van der Waals surface area contributed by atoms with Gasteiger partial charge in [-0.15, -0.1) is 0 Å². The number of nitrogens with one attached hydrogen (secondary N) is 1. The Kier molecular flexibility index (Phi) is 5.09. The molecule has 6 rings (SSSR count). The summed E-state index contributed by atoms with van der Waals surface area (Å²) in [6, 6.07) is 7.82. The van der Waals surface area contributed by atoms with Crippen LogP contribution in [-0.4, -0.2) is 62.3 Å². The quantitative estimate of drug-likeness (QED) is 0.579. The van der Waals surface area contributed by atoms with E-state index in [9.17, 15) is 9.90 Å². The Morgan fingerprint density at radius 1 is 1.24 bits per heavy atom. The molecule has 1 aromatic carbocycles. The fraction of sp³-hybridized carbons (Fsp3) is 0.480. The smallest absolute Gasteiger partial charge is 0.235 e. The van der Waals surface area contributed by atoms with E-state index in [0.29, 0.717) is 17.4 Å². The average molecular weight is 482 g/mol. The number of halogens is 1. The second kappa shape index (κ2) is 7.93. The molecule has 34 heavy (non-hydrogen) atoms. The van der Waals surface area contributed by atoms with Gasteiger partial charge in [0.25, 0.3) is 0 Å². The third-order valence-corrected chi connectivity index (χ3v) is 7.93. The molecule has 2 fully saturated rings. The van der Waals surface area contributed by atoms with E-state index >= 15 is 0 Å². The largest absolute Gasteiger partial charge is 0.491 e. The maximum atomic E-state index is 12.8. The molecular formula is C25H28ClN5O3. The third-order valence-electron chi connectivity index (χ3n) is 7.70. The van der Waals surface area contributed by atoms with Crippen molar-refractivity contribution >= 4 is 34.4 Å². The number of rotatable bonds is 5. The van der Waals surface area contributed by atoms with Gasteiger partial charge in [-0.05, 0) is 69.5 Å². The predicted octanol–water partition coefficient (Wildman–Crippen LogP) is 3.54. The highest BCUT2D eigenvalue weighted by Crippen LogP contribution is 2.46. The number of aliphatic hydroxyl groups is 1. The van der Waals surface area contributed by atoms with Crippen molar-refractivity contribution in [2.24, 2.45) is 0 Å². The second-order valence-electron chi connectivity index (χ2n) is 10.1. The monoisotopic (exact) mass is 481 g/mol. The summed E-state index contributed by atoms with van der Waals surface area (Å²) in [6.45, 7) is 4.84. The van der Waals surface area contributed by atoms with Crippen LogP contribution >= 0.6 is 11.6 Å². The Balaban J connectivity index is 1.04. The van der Waals surface area contributed by atoms with Crippen LogP contribution in [0.4, 0.5) is 5.69 Å². The first kappa shape index (κ1) is 21.8. The molecule has 4 heterocycles. The van der Waals surface area contributed by atoms with Crippen LogP contribution in [0, 0.1) is 0 Å². The molecule has 3 aliphatic rings. The number of carbonyl (C=O) groups is 1. The lowest BCUT2D eigenvalue weighted by Gasteiger charge is -2.41. The highest BCUT2D eigenvalue weighted by Gasteiger charge is 2.48. The minimum Gasteiger partial charge on any atom is -0.491 e. The SMILES string of the molecule is CC1(O)CC(n2cnc3cc(OCCN4CCC5(CC4)C(=O)Nc4ccc(Cl)cc45)cnc32)C1. The number of amides is 1. The number of aromatic nitrogens is 3. The number of piperidine rings is 1. The highest BCUT2D eigenvalue weighted by molar-refractivity contribution is 6.31. The van der Waals surface area contributed by atoms with E-state index in [-0.39, 0.29) is 11.9 Å². The lowest BCUT2D eigenvalue weighted by molar-refractivity contribution is -0.122. The van der Waals surface area contributed by atoms with Crippen LogP contribution in [0.5, 0.6) is 5.75 Å². The van der Waals surface area contributed by atoms with Crippen molar-refractivity contribution < 1.29 is 14.6 Å². The van der Waals surface area contributed by atoms with Gasteiger partial charge in [0.05, 0.1) is 23.5 Å². The molecule has 1 saturated heterocycles. The zero-order valence-corrected chi connectivity index (χ0v) is 19.9. The molecule has 178 valence electrons. The summed E-state index contributed by atoms with van der Waals surface area (Å²) >= 11 is 6.22. The summed E-state index contributed by atoms with van der Waals surface area (Å²) in [4.78, 5) is 24.2.